The normalized spacial score (nSPS) is 21.6. The van der Waals surface area contributed by atoms with Crippen molar-refractivity contribution in [1.29, 1.82) is 0 Å². The van der Waals surface area contributed by atoms with Crippen molar-refractivity contribution in [3.8, 4) is 0 Å². The van der Waals surface area contributed by atoms with Gasteiger partial charge in [0, 0.05) is 51.8 Å². The smallest absolute Gasteiger partial charge is 0.319 e. The third kappa shape index (κ3) is 3.94. The maximum absolute atomic E-state index is 12.8. The van der Waals surface area contributed by atoms with E-state index in [4.69, 9.17) is 0 Å². The maximum Gasteiger partial charge on any atom is 0.319 e. The number of hydrogen-bond acceptors (Lipinski definition) is 4. The van der Waals surface area contributed by atoms with Crippen LogP contribution in [0.2, 0.25) is 0 Å². The summed E-state index contributed by atoms with van der Waals surface area (Å²) in [6.07, 6.45) is 5.29. The highest BCUT2D eigenvalue weighted by Gasteiger charge is 2.41. The molecule has 2 saturated heterocycles. The number of nitrogens with one attached hydrogen (secondary N) is 2. The summed E-state index contributed by atoms with van der Waals surface area (Å²) in [4.78, 5) is 31.5. The summed E-state index contributed by atoms with van der Waals surface area (Å²) in [6, 6.07) is 7.68. The van der Waals surface area contributed by atoms with Gasteiger partial charge in [0.1, 0.15) is 5.66 Å². The molecule has 7 heteroatoms. The van der Waals surface area contributed by atoms with Crippen molar-refractivity contribution in [2.75, 3.05) is 51.6 Å². The van der Waals surface area contributed by atoms with Crippen LogP contribution in [0.1, 0.15) is 42.5 Å². The number of carbonyl (C=O) groups is 2. The Bertz CT molecular complexity index is 723. The van der Waals surface area contributed by atoms with Crippen LogP contribution in [0.15, 0.2) is 24.3 Å². The van der Waals surface area contributed by atoms with Gasteiger partial charge in [-0.25, -0.2) is 4.79 Å². The number of amides is 3. The molecule has 152 valence electrons. The molecule has 1 spiro atoms. The van der Waals surface area contributed by atoms with Crippen LogP contribution in [0, 0.1) is 0 Å². The largest absolute Gasteiger partial charge is 0.362 e. The van der Waals surface area contributed by atoms with Crippen LogP contribution in [0.5, 0.6) is 0 Å². The fourth-order valence-corrected chi connectivity index (χ4v) is 4.51. The Morgan fingerprint density at radius 2 is 1.79 bits per heavy atom. The number of likely N-dealkylation sites (tertiary alicyclic amines) is 2. The summed E-state index contributed by atoms with van der Waals surface area (Å²) in [6.45, 7) is 5.31. The van der Waals surface area contributed by atoms with E-state index >= 15 is 0 Å². The van der Waals surface area contributed by atoms with E-state index in [0.717, 1.165) is 31.9 Å². The van der Waals surface area contributed by atoms with Gasteiger partial charge in [0.25, 0.3) is 5.91 Å². The lowest BCUT2D eigenvalue weighted by Crippen LogP contribution is -2.63. The first-order chi connectivity index (χ1) is 13.6. The van der Waals surface area contributed by atoms with Gasteiger partial charge in [-0.15, -0.1) is 0 Å². The SMILES string of the molecule is CN(CCN1CCCCC1)C(=O)N1CCC2(CC1)NC(=O)c1ccccc1N2. The number of anilines is 1. The van der Waals surface area contributed by atoms with Crippen molar-refractivity contribution >= 4 is 17.6 Å². The monoisotopic (exact) mass is 385 g/mol. The molecule has 3 aliphatic heterocycles. The van der Waals surface area contributed by atoms with Crippen LogP contribution < -0.4 is 10.6 Å². The molecule has 0 saturated carbocycles. The second-order valence-electron chi connectivity index (χ2n) is 8.30. The number of piperidine rings is 2. The minimum atomic E-state index is -0.450. The molecule has 3 amide bonds. The molecule has 4 rings (SSSR count). The molecule has 3 aliphatic rings. The number of para-hydroxylation sites is 1. The van der Waals surface area contributed by atoms with Crippen molar-refractivity contribution in [1.82, 2.24) is 20.0 Å². The number of rotatable bonds is 3. The average Bonchev–Trinajstić information content (AvgIpc) is 2.73. The summed E-state index contributed by atoms with van der Waals surface area (Å²) in [5, 5.41) is 6.65. The van der Waals surface area contributed by atoms with E-state index in [2.05, 4.69) is 15.5 Å². The molecular weight excluding hydrogens is 354 g/mol. The lowest BCUT2D eigenvalue weighted by Gasteiger charge is -2.46. The molecule has 1 aromatic carbocycles. The zero-order chi connectivity index (χ0) is 19.6. The van der Waals surface area contributed by atoms with Gasteiger partial charge in [0.2, 0.25) is 0 Å². The highest BCUT2D eigenvalue weighted by atomic mass is 16.2. The summed E-state index contributed by atoms with van der Waals surface area (Å²) in [5.74, 6) is -0.0345. The van der Waals surface area contributed by atoms with Crippen molar-refractivity contribution in [2.45, 2.75) is 37.8 Å². The van der Waals surface area contributed by atoms with Gasteiger partial charge >= 0.3 is 6.03 Å². The van der Waals surface area contributed by atoms with Crippen LogP contribution in [0.3, 0.4) is 0 Å². The number of hydrogen-bond donors (Lipinski definition) is 2. The molecule has 0 aliphatic carbocycles. The molecule has 3 heterocycles. The predicted octanol–water partition coefficient (Wildman–Crippen LogP) is 2.17. The molecule has 0 bridgehead atoms. The summed E-state index contributed by atoms with van der Waals surface area (Å²) in [7, 11) is 1.90. The molecule has 0 aromatic heterocycles. The number of benzene rings is 1. The van der Waals surface area contributed by atoms with Crippen LogP contribution in [0.4, 0.5) is 10.5 Å². The standard InChI is InChI=1S/C21H31N5O2/c1-24(15-16-25-11-5-2-6-12-25)20(28)26-13-9-21(10-14-26)22-18-8-4-3-7-17(18)19(27)23-21/h3-4,7-8,22H,2,5-6,9-16H2,1H3,(H,23,27). The highest BCUT2D eigenvalue weighted by molar-refractivity contribution is 6.02. The molecule has 0 radical (unpaired) electrons. The van der Waals surface area contributed by atoms with E-state index in [1.54, 1.807) is 0 Å². The van der Waals surface area contributed by atoms with Crippen LogP contribution in [-0.4, -0.2) is 78.6 Å². The fraction of sp³-hybridized carbons (Fsp3) is 0.619. The van der Waals surface area contributed by atoms with Crippen molar-refractivity contribution in [2.24, 2.45) is 0 Å². The van der Waals surface area contributed by atoms with E-state index in [-0.39, 0.29) is 11.9 Å². The van der Waals surface area contributed by atoms with E-state index in [1.165, 1.54) is 19.3 Å². The van der Waals surface area contributed by atoms with Gasteiger partial charge in [0.05, 0.1) is 5.56 Å². The zero-order valence-corrected chi connectivity index (χ0v) is 16.7. The number of likely N-dealkylation sites (N-methyl/N-ethyl adjacent to an activating group) is 1. The minimum Gasteiger partial charge on any atom is -0.362 e. The first kappa shape index (κ1) is 19.1. The molecule has 0 atom stereocenters. The first-order valence-corrected chi connectivity index (χ1v) is 10.5. The van der Waals surface area contributed by atoms with E-state index < -0.39 is 5.66 Å². The van der Waals surface area contributed by atoms with Gasteiger partial charge in [-0.3, -0.25) is 4.79 Å². The molecule has 7 nitrogen and oxygen atoms in total. The maximum atomic E-state index is 12.8. The zero-order valence-electron chi connectivity index (χ0n) is 16.7. The number of nitrogens with zero attached hydrogens (tertiary/aromatic N) is 3. The van der Waals surface area contributed by atoms with Crippen molar-refractivity contribution in [3.05, 3.63) is 29.8 Å². The Hall–Kier alpha value is -2.28. The van der Waals surface area contributed by atoms with E-state index in [1.807, 2.05) is 41.1 Å². The minimum absolute atomic E-state index is 0.0345. The van der Waals surface area contributed by atoms with Gasteiger partial charge in [0.15, 0.2) is 0 Å². The van der Waals surface area contributed by atoms with Crippen molar-refractivity contribution in [3.63, 3.8) is 0 Å². The Morgan fingerprint density at radius 1 is 1.07 bits per heavy atom. The van der Waals surface area contributed by atoms with Gasteiger partial charge in [-0.05, 0) is 38.1 Å². The number of urea groups is 1. The second-order valence-corrected chi connectivity index (χ2v) is 8.30. The van der Waals surface area contributed by atoms with Gasteiger partial charge in [-0.1, -0.05) is 18.6 Å². The van der Waals surface area contributed by atoms with Crippen LogP contribution in [0.25, 0.3) is 0 Å². The molecule has 1 aromatic rings. The molecule has 2 N–H and O–H groups in total. The van der Waals surface area contributed by atoms with Gasteiger partial charge < -0.3 is 25.3 Å². The van der Waals surface area contributed by atoms with E-state index in [0.29, 0.717) is 31.5 Å². The average molecular weight is 386 g/mol. The fourth-order valence-electron chi connectivity index (χ4n) is 4.51. The lowest BCUT2D eigenvalue weighted by atomic mass is 9.92. The first-order valence-electron chi connectivity index (χ1n) is 10.5. The summed E-state index contributed by atoms with van der Waals surface area (Å²) >= 11 is 0. The Labute approximate surface area is 167 Å². The molecule has 0 unspecified atom stereocenters. The van der Waals surface area contributed by atoms with E-state index in [9.17, 15) is 9.59 Å². The Balaban J connectivity index is 1.30. The van der Waals surface area contributed by atoms with Crippen molar-refractivity contribution < 1.29 is 9.59 Å². The van der Waals surface area contributed by atoms with Gasteiger partial charge in [-0.2, -0.15) is 0 Å². The molecular formula is C21H31N5O2. The Kier molecular flexibility index (Phi) is 5.44. The Morgan fingerprint density at radius 3 is 2.54 bits per heavy atom. The summed E-state index contributed by atoms with van der Waals surface area (Å²) in [5.41, 5.74) is 1.11. The quantitative estimate of drug-likeness (QED) is 0.837. The second kappa shape index (κ2) is 7.99. The highest BCUT2D eigenvalue weighted by Crippen LogP contribution is 2.31. The lowest BCUT2D eigenvalue weighted by molar-refractivity contribution is 0.0831. The molecule has 28 heavy (non-hydrogen) atoms. The number of fused-ring (bicyclic) bond motifs is 1. The predicted molar refractivity (Wildman–Crippen MR) is 109 cm³/mol. The molecule has 2 fully saturated rings. The summed E-state index contributed by atoms with van der Waals surface area (Å²) < 4.78 is 0. The number of carbonyl (C=O) groups excluding carboxylic acids is 2. The topological polar surface area (TPSA) is 67.9 Å². The third-order valence-corrected chi connectivity index (χ3v) is 6.31. The third-order valence-electron chi connectivity index (χ3n) is 6.31. The van der Waals surface area contributed by atoms with Crippen LogP contribution in [-0.2, 0) is 0 Å². The van der Waals surface area contributed by atoms with Crippen LogP contribution >= 0.6 is 0 Å².